The number of hydrogen-bond acceptors (Lipinski definition) is 8. The van der Waals surface area contributed by atoms with E-state index in [-0.39, 0.29) is 32.2 Å². The Bertz CT molecular complexity index is 1420. The molecule has 81 heavy (non-hydrogen) atoms. The SMILES string of the molecule is CCCCC/C=C\C/C=C\C/C=C\CCCCCCCCC(=O)OC(COC(=O)CCCCCCCCCCCCCCCCCCCCCCCCCCCCCCCCCCCCCCC)COC(OCC[N+](C)(C)C)C(=O)[O-]. The number of likely N-dealkylation sites (N-methyl/N-ethyl adjacent to an activating group) is 1. The minimum Gasteiger partial charge on any atom is -0.545 e. The summed E-state index contributed by atoms with van der Waals surface area (Å²) in [7, 11) is 5.93. The number of allylic oxidation sites excluding steroid dienone is 6. The number of carbonyl (C=O) groups is 3. The Labute approximate surface area is 502 Å². The van der Waals surface area contributed by atoms with Crippen molar-refractivity contribution < 1.29 is 42.9 Å². The minimum absolute atomic E-state index is 0.146. The summed E-state index contributed by atoms with van der Waals surface area (Å²) in [4.78, 5) is 37.4. The maximum Gasteiger partial charge on any atom is 0.306 e. The van der Waals surface area contributed by atoms with Crippen molar-refractivity contribution in [2.75, 3.05) is 47.5 Å². The first-order valence-electron chi connectivity index (χ1n) is 35.1. The summed E-state index contributed by atoms with van der Waals surface area (Å²) in [6.07, 6.45) is 76.8. The molecule has 0 N–H and O–H groups in total. The molecular formula is C72H135NO8. The number of carboxylic acids is 1. The first-order chi connectivity index (χ1) is 39.6. The second-order valence-electron chi connectivity index (χ2n) is 25.2. The molecule has 0 fully saturated rings. The van der Waals surface area contributed by atoms with Crippen LogP contribution in [0.1, 0.15) is 348 Å². The molecule has 0 spiro atoms. The van der Waals surface area contributed by atoms with Crippen LogP contribution in [0, 0.1) is 0 Å². The first-order valence-corrected chi connectivity index (χ1v) is 35.1. The molecule has 0 aromatic carbocycles. The molecule has 0 saturated carbocycles. The van der Waals surface area contributed by atoms with Crippen molar-refractivity contribution in [2.24, 2.45) is 0 Å². The van der Waals surface area contributed by atoms with Gasteiger partial charge in [0.1, 0.15) is 13.2 Å². The molecule has 0 aliphatic heterocycles. The number of unbranched alkanes of at least 4 members (excludes halogenated alkanes) is 45. The molecule has 0 aromatic heterocycles. The summed E-state index contributed by atoms with van der Waals surface area (Å²) in [5.74, 6) is -2.28. The highest BCUT2D eigenvalue weighted by atomic mass is 16.7. The van der Waals surface area contributed by atoms with Crippen LogP contribution in [0.15, 0.2) is 36.5 Å². The van der Waals surface area contributed by atoms with Gasteiger partial charge in [0.05, 0.1) is 40.3 Å². The zero-order valence-corrected chi connectivity index (χ0v) is 54.4. The Balaban J connectivity index is 3.97. The van der Waals surface area contributed by atoms with Gasteiger partial charge in [0.2, 0.25) is 0 Å². The van der Waals surface area contributed by atoms with Gasteiger partial charge in [0.15, 0.2) is 12.4 Å². The van der Waals surface area contributed by atoms with Gasteiger partial charge in [0.25, 0.3) is 0 Å². The summed E-state index contributed by atoms with van der Waals surface area (Å²) < 4.78 is 22.8. The summed E-state index contributed by atoms with van der Waals surface area (Å²) in [6, 6.07) is 0. The zero-order valence-electron chi connectivity index (χ0n) is 54.4. The van der Waals surface area contributed by atoms with Gasteiger partial charge in [-0.25, -0.2) is 0 Å². The van der Waals surface area contributed by atoms with Crippen LogP contribution in [0.2, 0.25) is 0 Å². The van der Waals surface area contributed by atoms with Crippen LogP contribution in [0.5, 0.6) is 0 Å². The number of ether oxygens (including phenoxy) is 4. The smallest absolute Gasteiger partial charge is 0.306 e. The third-order valence-corrected chi connectivity index (χ3v) is 15.9. The van der Waals surface area contributed by atoms with E-state index in [0.29, 0.717) is 23.9 Å². The lowest BCUT2D eigenvalue weighted by atomic mass is 10.0. The molecule has 2 atom stereocenters. The van der Waals surface area contributed by atoms with Crippen molar-refractivity contribution in [3.8, 4) is 0 Å². The largest absolute Gasteiger partial charge is 0.545 e. The van der Waals surface area contributed by atoms with E-state index < -0.39 is 24.3 Å². The number of quaternary nitrogens is 1. The van der Waals surface area contributed by atoms with Gasteiger partial charge in [-0.15, -0.1) is 0 Å². The number of hydrogen-bond donors (Lipinski definition) is 0. The number of carboxylic acid groups (broad SMARTS) is 1. The minimum atomic E-state index is -1.62. The molecule has 0 aromatic rings. The molecule has 0 aliphatic rings. The number of carbonyl (C=O) groups excluding carboxylic acids is 3. The maximum atomic E-state index is 12.9. The van der Waals surface area contributed by atoms with Gasteiger partial charge in [-0.05, 0) is 51.4 Å². The molecule has 0 radical (unpaired) electrons. The van der Waals surface area contributed by atoms with Gasteiger partial charge in [-0.3, -0.25) is 9.59 Å². The van der Waals surface area contributed by atoms with Crippen LogP contribution in [0.25, 0.3) is 0 Å². The lowest BCUT2D eigenvalue weighted by Gasteiger charge is -2.26. The average Bonchev–Trinajstić information content (AvgIpc) is 3.44. The van der Waals surface area contributed by atoms with Crippen LogP contribution >= 0.6 is 0 Å². The van der Waals surface area contributed by atoms with Crippen LogP contribution in [0.4, 0.5) is 0 Å². The second kappa shape index (κ2) is 63.5. The van der Waals surface area contributed by atoms with E-state index >= 15 is 0 Å². The molecular weight excluding hydrogens is 1010 g/mol. The van der Waals surface area contributed by atoms with Crippen molar-refractivity contribution in [2.45, 2.75) is 360 Å². The quantitative estimate of drug-likeness (QED) is 0.0195. The predicted molar refractivity (Wildman–Crippen MR) is 343 cm³/mol. The lowest BCUT2D eigenvalue weighted by Crippen LogP contribution is -2.44. The topological polar surface area (TPSA) is 111 Å². The summed E-state index contributed by atoms with van der Waals surface area (Å²) >= 11 is 0. The van der Waals surface area contributed by atoms with Crippen molar-refractivity contribution >= 4 is 17.9 Å². The van der Waals surface area contributed by atoms with E-state index in [9.17, 15) is 19.5 Å². The fourth-order valence-electron chi connectivity index (χ4n) is 10.5. The van der Waals surface area contributed by atoms with Gasteiger partial charge >= 0.3 is 11.9 Å². The maximum absolute atomic E-state index is 12.9. The van der Waals surface area contributed by atoms with Crippen LogP contribution in [0.3, 0.4) is 0 Å². The summed E-state index contributed by atoms with van der Waals surface area (Å²) in [5.41, 5.74) is 0. The third kappa shape index (κ3) is 64.9. The Hall–Kier alpha value is -2.49. The van der Waals surface area contributed by atoms with Crippen LogP contribution in [-0.2, 0) is 33.3 Å². The zero-order chi connectivity index (χ0) is 59.1. The molecule has 0 aliphatic carbocycles. The van der Waals surface area contributed by atoms with Crippen molar-refractivity contribution in [1.29, 1.82) is 0 Å². The van der Waals surface area contributed by atoms with Crippen molar-refractivity contribution in [1.82, 2.24) is 0 Å². The summed E-state index contributed by atoms with van der Waals surface area (Å²) in [5, 5.41) is 11.8. The number of esters is 2. The van der Waals surface area contributed by atoms with Crippen LogP contribution in [-0.4, -0.2) is 82.3 Å². The Morgan fingerprint density at radius 1 is 0.370 bits per heavy atom. The number of aliphatic carboxylic acids is 1. The highest BCUT2D eigenvalue weighted by Crippen LogP contribution is 2.19. The molecule has 476 valence electrons. The van der Waals surface area contributed by atoms with Gasteiger partial charge in [-0.1, -0.05) is 320 Å². The van der Waals surface area contributed by atoms with E-state index in [1.807, 2.05) is 21.1 Å². The van der Waals surface area contributed by atoms with Gasteiger partial charge in [0, 0.05) is 12.8 Å². The molecule has 0 amide bonds. The van der Waals surface area contributed by atoms with Crippen molar-refractivity contribution in [3.05, 3.63) is 36.5 Å². The molecule has 2 unspecified atom stereocenters. The Kier molecular flexibility index (Phi) is 61.6. The first kappa shape index (κ1) is 78.5. The Morgan fingerprint density at radius 2 is 0.667 bits per heavy atom. The van der Waals surface area contributed by atoms with E-state index in [1.54, 1.807) is 0 Å². The van der Waals surface area contributed by atoms with Gasteiger partial charge in [-0.2, -0.15) is 0 Å². The van der Waals surface area contributed by atoms with E-state index in [1.165, 1.54) is 244 Å². The standard InChI is InChI=1S/C72H135NO8/c1-6-8-10-12-14-16-18-20-22-24-26-27-28-29-30-31-32-33-34-35-36-37-38-39-40-41-42-43-45-46-48-50-52-54-56-58-60-62-69(74)79-66-68(67-80-72(71(76)77)78-65-64-73(3,4)5)81-70(75)63-61-59-57-55-53-51-49-47-44-25-23-21-19-17-15-13-11-9-7-2/h15,17,21,23,44,47,68,72H,6-14,16,18-20,22,24-43,45-46,48-67H2,1-5H3/b17-15-,23-21-,47-44-. The number of rotatable bonds is 66. The van der Waals surface area contributed by atoms with Crippen molar-refractivity contribution in [3.63, 3.8) is 0 Å². The highest BCUT2D eigenvalue weighted by molar-refractivity contribution is 5.70. The predicted octanol–water partition coefficient (Wildman–Crippen LogP) is 20.3. The third-order valence-electron chi connectivity index (χ3n) is 15.9. The monoisotopic (exact) mass is 1140 g/mol. The van der Waals surface area contributed by atoms with E-state index in [0.717, 1.165) is 70.6 Å². The lowest BCUT2D eigenvalue weighted by molar-refractivity contribution is -0.870. The molecule has 0 bridgehead atoms. The molecule has 0 saturated heterocycles. The molecule has 9 nitrogen and oxygen atoms in total. The fraction of sp³-hybridized carbons (Fsp3) is 0.875. The molecule has 9 heteroatoms. The summed E-state index contributed by atoms with van der Waals surface area (Å²) in [6.45, 7) is 4.76. The second-order valence-corrected chi connectivity index (χ2v) is 25.2. The molecule has 0 rings (SSSR count). The van der Waals surface area contributed by atoms with Gasteiger partial charge < -0.3 is 33.3 Å². The van der Waals surface area contributed by atoms with E-state index in [2.05, 4.69) is 50.3 Å². The normalized spacial score (nSPS) is 12.9. The average molecular weight is 1140 g/mol. The molecule has 0 heterocycles. The number of nitrogens with zero attached hydrogens (tertiary/aromatic N) is 1. The van der Waals surface area contributed by atoms with E-state index in [4.69, 9.17) is 18.9 Å². The highest BCUT2D eigenvalue weighted by Gasteiger charge is 2.22. The van der Waals surface area contributed by atoms with Crippen LogP contribution < -0.4 is 5.11 Å². The Morgan fingerprint density at radius 3 is 1.01 bits per heavy atom. The fourth-order valence-corrected chi connectivity index (χ4v) is 10.5.